The zero-order valence-corrected chi connectivity index (χ0v) is 20.3. The summed E-state index contributed by atoms with van der Waals surface area (Å²) in [6, 6.07) is 9.88. The second kappa shape index (κ2) is 12.5. The molecule has 1 aliphatic rings. The van der Waals surface area contributed by atoms with Crippen molar-refractivity contribution in [3.8, 4) is 11.5 Å². The summed E-state index contributed by atoms with van der Waals surface area (Å²) in [6.07, 6.45) is 5.67. The zero-order valence-electron chi connectivity index (χ0n) is 18.0. The summed E-state index contributed by atoms with van der Waals surface area (Å²) in [6.45, 7) is 5.57. The van der Waals surface area contributed by atoms with Crippen LogP contribution in [0, 0.1) is 0 Å². The van der Waals surface area contributed by atoms with E-state index in [2.05, 4.69) is 26.6 Å². The monoisotopic (exact) mass is 525 g/mol. The fraction of sp³-hybridized carbons (Fsp3) is 0.455. The van der Waals surface area contributed by atoms with Gasteiger partial charge in [0.1, 0.15) is 5.82 Å². The lowest BCUT2D eigenvalue weighted by Crippen LogP contribution is -2.31. The zero-order chi connectivity index (χ0) is 20.5. The fourth-order valence-corrected chi connectivity index (χ4v) is 3.38. The number of benzene rings is 1. The summed E-state index contributed by atoms with van der Waals surface area (Å²) in [5, 5.41) is 6.62. The van der Waals surface area contributed by atoms with Crippen LogP contribution in [-0.2, 0) is 6.54 Å². The number of nitrogens with one attached hydrogen (secondary N) is 2. The number of anilines is 2. The Labute approximate surface area is 196 Å². The number of pyridine rings is 1. The number of piperidine rings is 1. The first kappa shape index (κ1) is 24.0. The molecule has 0 amide bonds. The Bertz CT molecular complexity index is 825. The first-order chi connectivity index (χ1) is 14.2. The van der Waals surface area contributed by atoms with Crippen molar-refractivity contribution < 1.29 is 9.47 Å². The van der Waals surface area contributed by atoms with Gasteiger partial charge in [0.25, 0.3) is 0 Å². The third kappa shape index (κ3) is 6.65. The normalized spacial score (nSPS) is 14.0. The average molecular weight is 525 g/mol. The van der Waals surface area contributed by atoms with Crippen molar-refractivity contribution in [2.24, 2.45) is 4.99 Å². The summed E-state index contributed by atoms with van der Waals surface area (Å²) in [4.78, 5) is 11.7. The van der Waals surface area contributed by atoms with Gasteiger partial charge in [-0.25, -0.2) is 9.98 Å². The molecule has 2 aromatic rings. The lowest BCUT2D eigenvalue weighted by molar-refractivity contribution is 0.355. The molecule has 0 atom stereocenters. The number of hydrogen-bond donors (Lipinski definition) is 2. The van der Waals surface area contributed by atoms with E-state index in [0.29, 0.717) is 18.0 Å². The van der Waals surface area contributed by atoms with E-state index in [1.54, 1.807) is 14.2 Å². The Balaban J connectivity index is 0.00000320. The molecular weight excluding hydrogens is 493 g/mol. The van der Waals surface area contributed by atoms with Crippen LogP contribution in [0.5, 0.6) is 11.5 Å². The van der Waals surface area contributed by atoms with Gasteiger partial charge in [-0.1, -0.05) is 0 Å². The molecule has 1 fully saturated rings. The topological polar surface area (TPSA) is 71.0 Å². The molecule has 3 rings (SSSR count). The maximum absolute atomic E-state index is 5.38. The molecule has 30 heavy (non-hydrogen) atoms. The van der Waals surface area contributed by atoms with Crippen molar-refractivity contribution in [2.45, 2.75) is 32.7 Å². The minimum Gasteiger partial charge on any atom is -0.493 e. The first-order valence-corrected chi connectivity index (χ1v) is 10.2. The maximum atomic E-state index is 5.38. The van der Waals surface area contributed by atoms with Crippen molar-refractivity contribution in [3.05, 3.63) is 42.1 Å². The number of nitrogens with zero attached hydrogens (tertiary/aromatic N) is 3. The molecular formula is C22H32IN5O2. The maximum Gasteiger partial charge on any atom is 0.196 e. The standard InChI is InChI=1S/C22H31N5O2.HI/c1-4-23-22(26-18-8-9-19(28-2)20(15-18)29-3)25-16-17-10-11-24-21(14-17)27-12-6-5-7-13-27;/h8-11,14-15H,4-7,12-13,16H2,1-3H3,(H2,23,25,26);1H. The third-order valence-corrected chi connectivity index (χ3v) is 4.90. The molecule has 1 aromatic carbocycles. The molecule has 2 heterocycles. The SMILES string of the molecule is CCNC(=NCc1ccnc(N2CCCCC2)c1)Nc1ccc(OC)c(OC)c1.I. The van der Waals surface area contributed by atoms with E-state index in [-0.39, 0.29) is 24.0 Å². The van der Waals surface area contributed by atoms with E-state index in [9.17, 15) is 0 Å². The van der Waals surface area contributed by atoms with Crippen LogP contribution in [0.25, 0.3) is 0 Å². The molecule has 0 bridgehead atoms. The van der Waals surface area contributed by atoms with Crippen LogP contribution in [0.2, 0.25) is 0 Å². The Morgan fingerprint density at radius 3 is 2.53 bits per heavy atom. The number of halogens is 1. The number of rotatable bonds is 7. The predicted molar refractivity (Wildman–Crippen MR) is 134 cm³/mol. The minimum absolute atomic E-state index is 0. The highest BCUT2D eigenvalue weighted by molar-refractivity contribution is 14.0. The number of aromatic nitrogens is 1. The Morgan fingerprint density at radius 2 is 1.83 bits per heavy atom. The Morgan fingerprint density at radius 1 is 1.07 bits per heavy atom. The van der Waals surface area contributed by atoms with Crippen LogP contribution in [0.3, 0.4) is 0 Å². The summed E-state index contributed by atoms with van der Waals surface area (Å²) in [7, 11) is 3.26. The lowest BCUT2D eigenvalue weighted by atomic mass is 10.1. The molecule has 1 aliphatic heterocycles. The van der Waals surface area contributed by atoms with Gasteiger partial charge in [-0.05, 0) is 56.0 Å². The quantitative estimate of drug-likeness (QED) is 0.320. The predicted octanol–water partition coefficient (Wildman–Crippen LogP) is 4.28. The molecule has 0 aliphatic carbocycles. The van der Waals surface area contributed by atoms with Crippen molar-refractivity contribution in [1.82, 2.24) is 10.3 Å². The van der Waals surface area contributed by atoms with Crippen LogP contribution >= 0.6 is 24.0 Å². The summed E-state index contributed by atoms with van der Waals surface area (Å²) in [5.74, 6) is 3.14. The van der Waals surface area contributed by atoms with Gasteiger partial charge in [0.15, 0.2) is 17.5 Å². The van der Waals surface area contributed by atoms with Gasteiger partial charge < -0.3 is 25.0 Å². The van der Waals surface area contributed by atoms with E-state index in [1.807, 2.05) is 37.4 Å². The van der Waals surface area contributed by atoms with Crippen LogP contribution in [-0.4, -0.2) is 44.8 Å². The van der Waals surface area contributed by atoms with E-state index >= 15 is 0 Å². The third-order valence-electron chi connectivity index (χ3n) is 4.90. The van der Waals surface area contributed by atoms with E-state index < -0.39 is 0 Å². The van der Waals surface area contributed by atoms with Crippen molar-refractivity contribution >= 4 is 41.4 Å². The van der Waals surface area contributed by atoms with Crippen molar-refractivity contribution in [3.63, 3.8) is 0 Å². The van der Waals surface area contributed by atoms with Crippen molar-refractivity contribution in [1.29, 1.82) is 0 Å². The number of hydrogen-bond acceptors (Lipinski definition) is 5. The first-order valence-electron chi connectivity index (χ1n) is 10.2. The van der Waals surface area contributed by atoms with Crippen molar-refractivity contribution in [2.75, 3.05) is 44.1 Å². The van der Waals surface area contributed by atoms with Crippen LogP contribution in [0.15, 0.2) is 41.5 Å². The smallest absolute Gasteiger partial charge is 0.196 e. The highest BCUT2D eigenvalue weighted by atomic mass is 127. The molecule has 164 valence electrons. The van der Waals surface area contributed by atoms with E-state index in [0.717, 1.165) is 42.7 Å². The van der Waals surface area contributed by atoms with Gasteiger partial charge in [0.05, 0.1) is 20.8 Å². The molecule has 0 spiro atoms. The highest BCUT2D eigenvalue weighted by Gasteiger charge is 2.12. The average Bonchev–Trinajstić information content (AvgIpc) is 2.78. The second-order valence-electron chi connectivity index (χ2n) is 6.96. The summed E-state index contributed by atoms with van der Waals surface area (Å²) < 4.78 is 10.7. The Kier molecular flexibility index (Phi) is 9.99. The molecule has 8 heteroatoms. The summed E-state index contributed by atoms with van der Waals surface area (Å²) >= 11 is 0. The van der Waals surface area contributed by atoms with Crippen LogP contribution in [0.4, 0.5) is 11.5 Å². The molecule has 0 saturated carbocycles. The second-order valence-corrected chi connectivity index (χ2v) is 6.96. The largest absolute Gasteiger partial charge is 0.493 e. The van der Waals surface area contributed by atoms with Gasteiger partial charge in [-0.3, -0.25) is 0 Å². The number of methoxy groups -OCH3 is 2. The van der Waals surface area contributed by atoms with Gasteiger partial charge >= 0.3 is 0 Å². The molecule has 0 radical (unpaired) electrons. The van der Waals surface area contributed by atoms with E-state index in [4.69, 9.17) is 14.5 Å². The molecule has 0 unspecified atom stereocenters. The van der Waals surface area contributed by atoms with Crippen LogP contribution in [0.1, 0.15) is 31.7 Å². The molecule has 7 nitrogen and oxygen atoms in total. The Hall–Kier alpha value is -2.23. The molecule has 1 saturated heterocycles. The van der Waals surface area contributed by atoms with Gasteiger partial charge in [0, 0.05) is 37.6 Å². The molecule has 2 N–H and O–H groups in total. The number of aliphatic imine (C=N–C) groups is 1. The summed E-state index contributed by atoms with van der Waals surface area (Å²) in [5.41, 5.74) is 2.02. The van der Waals surface area contributed by atoms with Crippen LogP contribution < -0.4 is 25.0 Å². The molecule has 1 aromatic heterocycles. The van der Waals surface area contributed by atoms with E-state index in [1.165, 1.54) is 19.3 Å². The van der Waals surface area contributed by atoms with Gasteiger partial charge in [-0.15, -0.1) is 24.0 Å². The van der Waals surface area contributed by atoms with Gasteiger partial charge in [-0.2, -0.15) is 0 Å². The highest BCUT2D eigenvalue weighted by Crippen LogP contribution is 2.29. The minimum atomic E-state index is 0. The van der Waals surface area contributed by atoms with Gasteiger partial charge in [0.2, 0.25) is 0 Å². The fourth-order valence-electron chi connectivity index (χ4n) is 3.38. The lowest BCUT2D eigenvalue weighted by Gasteiger charge is -2.27. The number of ether oxygens (including phenoxy) is 2. The number of guanidine groups is 1.